The number of nitrogens with zero attached hydrogens (tertiary/aromatic N) is 4. The summed E-state index contributed by atoms with van der Waals surface area (Å²) in [5.41, 5.74) is 3.16. The van der Waals surface area contributed by atoms with Crippen molar-refractivity contribution in [2.24, 2.45) is 0 Å². The minimum Gasteiger partial charge on any atom is -0.496 e. The summed E-state index contributed by atoms with van der Waals surface area (Å²) < 4.78 is 25.6. The van der Waals surface area contributed by atoms with E-state index in [0.29, 0.717) is 52.4 Å². The molecule has 0 saturated carbocycles. The maximum Gasteiger partial charge on any atom is 0.276 e. The summed E-state index contributed by atoms with van der Waals surface area (Å²) in [6, 6.07) is 14.9. The summed E-state index contributed by atoms with van der Waals surface area (Å²) in [5, 5.41) is 4.57. The van der Waals surface area contributed by atoms with Gasteiger partial charge >= 0.3 is 0 Å². The lowest BCUT2D eigenvalue weighted by molar-refractivity contribution is 0.311. The Bertz CT molecular complexity index is 1600. The summed E-state index contributed by atoms with van der Waals surface area (Å²) in [6.45, 7) is 4.54. The molecule has 0 fully saturated rings. The minimum atomic E-state index is -0.183. The monoisotopic (exact) mass is 486 g/mol. The number of oxazole rings is 1. The van der Waals surface area contributed by atoms with Gasteiger partial charge < -0.3 is 23.2 Å². The molecule has 0 aliphatic rings. The van der Waals surface area contributed by atoms with Crippen LogP contribution in [-0.4, -0.2) is 40.0 Å². The van der Waals surface area contributed by atoms with Gasteiger partial charge in [0.25, 0.3) is 5.56 Å². The third kappa shape index (κ3) is 4.19. The van der Waals surface area contributed by atoms with Crippen LogP contribution >= 0.6 is 0 Å². The van der Waals surface area contributed by atoms with E-state index in [1.54, 1.807) is 41.8 Å². The number of aryl methyl sites for hydroxylation is 1. The van der Waals surface area contributed by atoms with Crippen LogP contribution in [0.25, 0.3) is 28.2 Å². The Morgan fingerprint density at radius 3 is 2.56 bits per heavy atom. The van der Waals surface area contributed by atoms with Gasteiger partial charge in [0.2, 0.25) is 5.89 Å². The Balaban J connectivity index is 1.46. The predicted octanol–water partition coefficient (Wildman–Crippen LogP) is 4.59. The first-order valence-corrected chi connectivity index (χ1v) is 11.5. The summed E-state index contributed by atoms with van der Waals surface area (Å²) in [5.74, 6) is 3.02. The number of fused-ring (bicyclic) bond motifs is 1. The van der Waals surface area contributed by atoms with Crippen molar-refractivity contribution in [3.8, 4) is 40.0 Å². The van der Waals surface area contributed by atoms with Gasteiger partial charge in [-0.1, -0.05) is 12.1 Å². The van der Waals surface area contributed by atoms with Gasteiger partial charge in [0.05, 0.1) is 33.1 Å². The molecule has 0 aliphatic heterocycles. The van der Waals surface area contributed by atoms with Crippen LogP contribution in [0.2, 0.25) is 0 Å². The molecule has 0 radical (unpaired) electrons. The smallest absolute Gasteiger partial charge is 0.276 e. The van der Waals surface area contributed by atoms with Gasteiger partial charge in [-0.2, -0.15) is 5.10 Å². The largest absolute Gasteiger partial charge is 0.496 e. The lowest BCUT2D eigenvalue weighted by Crippen LogP contribution is -2.22. The van der Waals surface area contributed by atoms with Gasteiger partial charge in [-0.3, -0.25) is 4.79 Å². The second kappa shape index (κ2) is 9.61. The van der Waals surface area contributed by atoms with Crippen LogP contribution < -0.4 is 19.8 Å². The van der Waals surface area contributed by atoms with Crippen molar-refractivity contribution in [2.75, 3.05) is 20.8 Å². The Kier molecular flexibility index (Phi) is 6.20. The van der Waals surface area contributed by atoms with E-state index in [-0.39, 0.29) is 12.1 Å². The highest BCUT2D eigenvalue weighted by atomic mass is 16.5. The van der Waals surface area contributed by atoms with Crippen molar-refractivity contribution in [3.05, 3.63) is 82.7 Å². The molecular weight excluding hydrogens is 460 g/mol. The standard InChI is InChI=1S/C27H26N4O5/c1-5-35-24-11-10-18(14-25(24)34-4)26-28-21(17(2)36-26)16-30-12-13-31-22(27(30)32)15-20(29-31)19-8-6-7-9-23(19)33-3/h6-15H,5,16H2,1-4H3. The summed E-state index contributed by atoms with van der Waals surface area (Å²) in [6.07, 6.45) is 3.45. The van der Waals surface area contributed by atoms with Crippen LogP contribution in [0.4, 0.5) is 0 Å². The summed E-state index contributed by atoms with van der Waals surface area (Å²) in [7, 11) is 3.20. The van der Waals surface area contributed by atoms with Gasteiger partial charge in [-0.15, -0.1) is 0 Å². The van der Waals surface area contributed by atoms with Gasteiger partial charge in [0, 0.05) is 23.5 Å². The number of ether oxygens (including phenoxy) is 3. The van der Waals surface area contributed by atoms with Gasteiger partial charge in [-0.25, -0.2) is 9.50 Å². The molecule has 5 rings (SSSR count). The van der Waals surface area contributed by atoms with Crippen molar-refractivity contribution >= 4 is 5.52 Å². The quantitative estimate of drug-likeness (QED) is 0.317. The van der Waals surface area contributed by atoms with Crippen LogP contribution in [0.3, 0.4) is 0 Å². The van der Waals surface area contributed by atoms with Gasteiger partial charge in [-0.05, 0) is 50.2 Å². The van der Waals surface area contributed by atoms with Crippen molar-refractivity contribution in [1.82, 2.24) is 19.2 Å². The number of hydrogen-bond donors (Lipinski definition) is 0. The number of aromatic nitrogens is 4. The average molecular weight is 487 g/mol. The first-order chi connectivity index (χ1) is 17.5. The highest BCUT2D eigenvalue weighted by Gasteiger charge is 2.17. The van der Waals surface area contributed by atoms with Crippen molar-refractivity contribution < 1.29 is 18.6 Å². The second-order valence-corrected chi connectivity index (χ2v) is 8.11. The Labute approximate surface area is 207 Å². The van der Waals surface area contributed by atoms with E-state index < -0.39 is 0 Å². The normalized spacial score (nSPS) is 11.1. The molecule has 5 aromatic rings. The minimum absolute atomic E-state index is 0.183. The second-order valence-electron chi connectivity index (χ2n) is 8.11. The molecule has 0 spiro atoms. The Morgan fingerprint density at radius 1 is 0.972 bits per heavy atom. The topological polar surface area (TPSA) is 93.0 Å². The zero-order valence-electron chi connectivity index (χ0n) is 20.5. The highest BCUT2D eigenvalue weighted by molar-refractivity contribution is 5.71. The molecule has 0 aliphatic carbocycles. The molecule has 0 N–H and O–H groups in total. The van der Waals surface area contributed by atoms with E-state index in [4.69, 9.17) is 18.6 Å². The van der Waals surface area contributed by atoms with Crippen LogP contribution in [0.1, 0.15) is 18.4 Å². The molecular formula is C27H26N4O5. The number of hydrogen-bond acceptors (Lipinski definition) is 7. The zero-order valence-corrected chi connectivity index (χ0v) is 20.5. The molecule has 0 saturated heterocycles. The van der Waals surface area contributed by atoms with E-state index in [9.17, 15) is 4.79 Å². The number of para-hydroxylation sites is 1. The highest BCUT2D eigenvalue weighted by Crippen LogP contribution is 2.33. The molecule has 3 heterocycles. The van der Waals surface area contributed by atoms with E-state index in [2.05, 4.69) is 10.1 Å². The summed E-state index contributed by atoms with van der Waals surface area (Å²) >= 11 is 0. The molecule has 0 amide bonds. The van der Waals surface area contributed by atoms with Crippen LogP contribution in [-0.2, 0) is 6.54 Å². The lowest BCUT2D eigenvalue weighted by Gasteiger charge is -2.09. The molecule has 0 bridgehead atoms. The van der Waals surface area contributed by atoms with E-state index >= 15 is 0 Å². The van der Waals surface area contributed by atoms with Crippen LogP contribution in [0.5, 0.6) is 17.2 Å². The molecule has 0 atom stereocenters. The molecule has 2 aromatic carbocycles. The maximum absolute atomic E-state index is 13.3. The van der Waals surface area contributed by atoms with E-state index in [1.165, 1.54) is 0 Å². The molecule has 9 heteroatoms. The third-order valence-corrected chi connectivity index (χ3v) is 5.91. The fourth-order valence-corrected chi connectivity index (χ4v) is 4.07. The van der Waals surface area contributed by atoms with Crippen LogP contribution in [0.15, 0.2) is 70.1 Å². The molecule has 184 valence electrons. The average Bonchev–Trinajstić information content (AvgIpc) is 3.50. The third-order valence-electron chi connectivity index (χ3n) is 5.91. The Hall–Kier alpha value is -4.53. The van der Waals surface area contributed by atoms with E-state index in [0.717, 1.165) is 11.1 Å². The number of rotatable bonds is 8. The molecule has 0 unspecified atom stereocenters. The first kappa shape index (κ1) is 23.2. The predicted molar refractivity (Wildman–Crippen MR) is 135 cm³/mol. The van der Waals surface area contributed by atoms with Gasteiger partial charge in [0.15, 0.2) is 11.5 Å². The first-order valence-electron chi connectivity index (χ1n) is 11.5. The number of benzene rings is 2. The zero-order chi connectivity index (χ0) is 25.2. The van der Waals surface area contributed by atoms with Crippen LogP contribution in [0, 0.1) is 6.92 Å². The number of methoxy groups -OCH3 is 2. The summed E-state index contributed by atoms with van der Waals surface area (Å²) in [4.78, 5) is 17.9. The van der Waals surface area contributed by atoms with Crippen molar-refractivity contribution in [2.45, 2.75) is 20.4 Å². The molecule has 36 heavy (non-hydrogen) atoms. The fraction of sp³-hybridized carbons (Fsp3) is 0.222. The molecule has 3 aromatic heterocycles. The van der Waals surface area contributed by atoms with Crippen molar-refractivity contribution in [1.29, 1.82) is 0 Å². The van der Waals surface area contributed by atoms with Gasteiger partial charge in [0.1, 0.15) is 22.7 Å². The maximum atomic E-state index is 13.3. The van der Waals surface area contributed by atoms with Crippen molar-refractivity contribution in [3.63, 3.8) is 0 Å². The molecule has 9 nitrogen and oxygen atoms in total. The SMILES string of the molecule is CCOc1ccc(-c2nc(Cn3ccn4nc(-c5ccccc5OC)cc4c3=O)c(C)o2)cc1OC. The fourth-order valence-electron chi connectivity index (χ4n) is 4.07. The Morgan fingerprint density at radius 2 is 1.78 bits per heavy atom. The lowest BCUT2D eigenvalue weighted by atomic mass is 10.1. The van der Waals surface area contributed by atoms with E-state index in [1.807, 2.05) is 56.3 Å².